The number of amides is 2. The molecule has 2 N–H and O–H groups in total. The van der Waals surface area contributed by atoms with E-state index in [-0.39, 0.29) is 18.2 Å². The molecule has 1 heterocycles. The molecule has 0 aliphatic rings. The standard InChI is InChI=1S/C19H18N2O2S/c1-13-15-9-5-6-10-17(15)24-18(13)16(22)11-12-20-19(23)21-14-7-3-2-4-8-14/h2-10H,11-12H2,1H3,(H2,20,21,23). The lowest BCUT2D eigenvalue weighted by Crippen LogP contribution is -2.30. The molecule has 3 aromatic rings. The molecule has 0 saturated carbocycles. The van der Waals surface area contributed by atoms with Gasteiger partial charge < -0.3 is 10.6 Å². The topological polar surface area (TPSA) is 58.2 Å². The van der Waals surface area contributed by atoms with Crippen molar-refractivity contribution in [2.45, 2.75) is 13.3 Å². The number of hydrogen-bond donors (Lipinski definition) is 2. The van der Waals surface area contributed by atoms with Gasteiger partial charge in [0, 0.05) is 23.4 Å². The summed E-state index contributed by atoms with van der Waals surface area (Å²) in [6.45, 7) is 2.28. The summed E-state index contributed by atoms with van der Waals surface area (Å²) in [5.41, 5.74) is 1.75. The van der Waals surface area contributed by atoms with Crippen molar-refractivity contribution in [3.05, 3.63) is 65.0 Å². The monoisotopic (exact) mass is 338 g/mol. The van der Waals surface area contributed by atoms with Crippen molar-refractivity contribution in [3.63, 3.8) is 0 Å². The molecule has 122 valence electrons. The van der Waals surface area contributed by atoms with E-state index in [0.29, 0.717) is 6.54 Å². The van der Waals surface area contributed by atoms with Gasteiger partial charge in [0.1, 0.15) is 0 Å². The minimum atomic E-state index is -0.304. The van der Waals surface area contributed by atoms with Gasteiger partial charge in [-0.25, -0.2) is 4.79 Å². The van der Waals surface area contributed by atoms with Crippen molar-refractivity contribution in [2.24, 2.45) is 0 Å². The number of aryl methyl sites for hydroxylation is 1. The molecule has 0 unspecified atom stereocenters. The van der Waals surface area contributed by atoms with Gasteiger partial charge in [-0.05, 0) is 36.1 Å². The molecule has 1 aromatic heterocycles. The van der Waals surface area contributed by atoms with E-state index in [9.17, 15) is 9.59 Å². The molecule has 0 spiro atoms. The van der Waals surface area contributed by atoms with Crippen LogP contribution in [0.15, 0.2) is 54.6 Å². The summed E-state index contributed by atoms with van der Waals surface area (Å²) in [5, 5.41) is 6.57. The van der Waals surface area contributed by atoms with E-state index >= 15 is 0 Å². The molecule has 0 aliphatic heterocycles. The van der Waals surface area contributed by atoms with Gasteiger partial charge in [-0.15, -0.1) is 11.3 Å². The minimum absolute atomic E-state index is 0.0636. The molecule has 0 fully saturated rings. The summed E-state index contributed by atoms with van der Waals surface area (Å²) in [5.74, 6) is 0.0636. The van der Waals surface area contributed by atoms with Crippen molar-refractivity contribution < 1.29 is 9.59 Å². The number of para-hydroxylation sites is 1. The van der Waals surface area contributed by atoms with Crippen molar-refractivity contribution in [1.29, 1.82) is 0 Å². The first-order chi connectivity index (χ1) is 11.6. The van der Waals surface area contributed by atoms with E-state index in [4.69, 9.17) is 0 Å². The van der Waals surface area contributed by atoms with Crippen LogP contribution in [0.3, 0.4) is 0 Å². The molecule has 0 atom stereocenters. The highest BCUT2D eigenvalue weighted by Gasteiger charge is 2.15. The summed E-state index contributed by atoms with van der Waals surface area (Å²) in [4.78, 5) is 25.0. The van der Waals surface area contributed by atoms with Crippen LogP contribution in [0.4, 0.5) is 10.5 Å². The molecular weight excluding hydrogens is 320 g/mol. The lowest BCUT2D eigenvalue weighted by molar-refractivity contribution is 0.0987. The minimum Gasteiger partial charge on any atom is -0.337 e. The molecule has 0 bridgehead atoms. The van der Waals surface area contributed by atoms with Gasteiger partial charge in [-0.1, -0.05) is 36.4 Å². The predicted octanol–water partition coefficient (Wildman–Crippen LogP) is 4.60. The zero-order valence-corrected chi connectivity index (χ0v) is 14.2. The Morgan fingerprint density at radius 3 is 2.46 bits per heavy atom. The van der Waals surface area contributed by atoms with Crippen LogP contribution in [0.1, 0.15) is 21.7 Å². The lowest BCUT2D eigenvalue weighted by atomic mass is 10.1. The van der Waals surface area contributed by atoms with Crippen LogP contribution in [0.25, 0.3) is 10.1 Å². The van der Waals surface area contributed by atoms with Crippen molar-refractivity contribution in [1.82, 2.24) is 5.32 Å². The molecule has 2 amide bonds. The predicted molar refractivity (Wildman–Crippen MR) is 99.0 cm³/mol. The maximum absolute atomic E-state index is 12.4. The summed E-state index contributed by atoms with van der Waals surface area (Å²) >= 11 is 1.52. The third kappa shape index (κ3) is 3.63. The number of nitrogens with one attached hydrogen (secondary N) is 2. The molecule has 2 aromatic carbocycles. The average molecular weight is 338 g/mol. The average Bonchev–Trinajstić information content (AvgIpc) is 2.93. The number of hydrogen-bond acceptors (Lipinski definition) is 3. The Morgan fingerprint density at radius 2 is 1.71 bits per heavy atom. The number of ketones is 1. The van der Waals surface area contributed by atoms with Crippen LogP contribution < -0.4 is 10.6 Å². The molecule has 5 heteroatoms. The second-order valence-corrected chi connectivity index (χ2v) is 6.52. The van der Waals surface area contributed by atoms with E-state index in [1.54, 1.807) is 0 Å². The number of carbonyl (C=O) groups is 2. The first-order valence-electron chi connectivity index (χ1n) is 7.76. The Kier molecular flexibility index (Phi) is 4.91. The van der Waals surface area contributed by atoms with Gasteiger partial charge in [0.2, 0.25) is 0 Å². The van der Waals surface area contributed by atoms with Crippen LogP contribution in [-0.2, 0) is 0 Å². The first kappa shape index (κ1) is 16.2. The molecular formula is C19H18N2O2S. The van der Waals surface area contributed by atoms with Crippen LogP contribution >= 0.6 is 11.3 Å². The summed E-state index contributed by atoms with van der Waals surface area (Å²) in [7, 11) is 0. The highest BCUT2D eigenvalue weighted by molar-refractivity contribution is 7.21. The molecule has 3 rings (SSSR count). The number of thiophene rings is 1. The smallest absolute Gasteiger partial charge is 0.319 e. The Balaban J connectivity index is 1.55. The number of carbonyl (C=O) groups excluding carboxylic acids is 2. The summed E-state index contributed by atoms with van der Waals surface area (Å²) in [6.07, 6.45) is 0.288. The fourth-order valence-electron chi connectivity index (χ4n) is 2.54. The van der Waals surface area contributed by atoms with E-state index in [1.165, 1.54) is 11.3 Å². The maximum Gasteiger partial charge on any atom is 0.319 e. The van der Waals surface area contributed by atoms with Crippen molar-refractivity contribution in [2.75, 3.05) is 11.9 Å². The molecule has 24 heavy (non-hydrogen) atoms. The second kappa shape index (κ2) is 7.27. The van der Waals surface area contributed by atoms with E-state index in [2.05, 4.69) is 10.6 Å². The molecule has 4 nitrogen and oxygen atoms in total. The van der Waals surface area contributed by atoms with Crippen LogP contribution in [0.5, 0.6) is 0 Å². The number of urea groups is 1. The number of Topliss-reactive ketones (excluding diaryl/α,β-unsaturated/α-hetero) is 1. The van der Waals surface area contributed by atoms with Gasteiger partial charge in [-0.2, -0.15) is 0 Å². The third-order valence-corrected chi connectivity index (χ3v) is 5.08. The van der Waals surface area contributed by atoms with Gasteiger partial charge in [0.05, 0.1) is 4.88 Å². The van der Waals surface area contributed by atoms with Crippen molar-refractivity contribution >= 4 is 38.9 Å². The van der Waals surface area contributed by atoms with Crippen LogP contribution in [0, 0.1) is 6.92 Å². The van der Waals surface area contributed by atoms with Gasteiger partial charge >= 0.3 is 6.03 Å². The maximum atomic E-state index is 12.4. The normalized spacial score (nSPS) is 10.5. The van der Waals surface area contributed by atoms with E-state index < -0.39 is 0 Å². The molecule has 0 radical (unpaired) electrons. The number of fused-ring (bicyclic) bond motifs is 1. The molecule has 0 aliphatic carbocycles. The Bertz CT molecular complexity index is 871. The van der Waals surface area contributed by atoms with Gasteiger partial charge in [-0.3, -0.25) is 4.79 Å². The third-order valence-electron chi connectivity index (χ3n) is 3.77. The highest BCUT2D eigenvalue weighted by Crippen LogP contribution is 2.31. The largest absolute Gasteiger partial charge is 0.337 e. The zero-order chi connectivity index (χ0) is 16.9. The fraction of sp³-hybridized carbons (Fsp3) is 0.158. The van der Waals surface area contributed by atoms with E-state index in [0.717, 1.165) is 26.2 Å². The fourth-order valence-corrected chi connectivity index (χ4v) is 3.72. The zero-order valence-electron chi connectivity index (χ0n) is 13.3. The highest BCUT2D eigenvalue weighted by atomic mass is 32.1. The Hall–Kier alpha value is -2.66. The number of anilines is 1. The number of rotatable bonds is 5. The second-order valence-electron chi connectivity index (χ2n) is 5.47. The lowest BCUT2D eigenvalue weighted by Gasteiger charge is -2.07. The summed E-state index contributed by atoms with van der Waals surface area (Å²) in [6, 6.07) is 16.9. The Morgan fingerprint density at radius 1 is 1.00 bits per heavy atom. The summed E-state index contributed by atoms with van der Waals surface area (Å²) < 4.78 is 1.12. The van der Waals surface area contributed by atoms with Crippen LogP contribution in [-0.4, -0.2) is 18.4 Å². The van der Waals surface area contributed by atoms with Crippen LogP contribution in [0.2, 0.25) is 0 Å². The quantitative estimate of drug-likeness (QED) is 0.668. The first-order valence-corrected chi connectivity index (χ1v) is 8.58. The van der Waals surface area contributed by atoms with E-state index in [1.807, 2.05) is 61.5 Å². The number of benzene rings is 2. The van der Waals surface area contributed by atoms with Crippen molar-refractivity contribution in [3.8, 4) is 0 Å². The van der Waals surface area contributed by atoms with Gasteiger partial charge in [0.25, 0.3) is 0 Å². The van der Waals surface area contributed by atoms with Gasteiger partial charge in [0.15, 0.2) is 5.78 Å². The Labute approximate surface area is 144 Å². The SMILES string of the molecule is Cc1c(C(=O)CCNC(=O)Nc2ccccc2)sc2ccccc12. The molecule has 0 saturated heterocycles.